The molecule has 0 saturated carbocycles. The normalized spacial score (nSPS) is 13.2. The monoisotopic (exact) mass is 440 g/mol. The van der Waals surface area contributed by atoms with Gasteiger partial charge in [0.25, 0.3) is 0 Å². The average molecular weight is 440 g/mol. The highest BCUT2D eigenvalue weighted by atomic mass is 19.2. The Morgan fingerprint density at radius 1 is 0.906 bits per heavy atom. The van der Waals surface area contributed by atoms with Crippen molar-refractivity contribution in [2.45, 2.75) is 18.4 Å². The van der Waals surface area contributed by atoms with Crippen LogP contribution in [0.5, 0.6) is 0 Å². The van der Waals surface area contributed by atoms with Crippen molar-refractivity contribution >= 4 is 12.1 Å². The zero-order valence-electron chi connectivity index (χ0n) is 16.6. The molecule has 5 nitrogen and oxygen atoms in total. The van der Waals surface area contributed by atoms with Gasteiger partial charge in [-0.3, -0.25) is 0 Å². The molecule has 8 heteroatoms. The Morgan fingerprint density at radius 2 is 1.47 bits per heavy atom. The lowest BCUT2D eigenvalue weighted by Crippen LogP contribution is -2.49. The van der Waals surface area contributed by atoms with Gasteiger partial charge >= 0.3 is 6.09 Å². The summed E-state index contributed by atoms with van der Waals surface area (Å²) in [6, 6.07) is 14.5. The van der Waals surface area contributed by atoms with E-state index in [4.69, 9.17) is 4.74 Å². The van der Waals surface area contributed by atoms with Gasteiger partial charge in [0, 0.05) is 18.4 Å². The number of ether oxygens (including phenoxy) is 1. The van der Waals surface area contributed by atoms with Crippen LogP contribution in [0, 0.1) is 17.5 Å². The summed E-state index contributed by atoms with van der Waals surface area (Å²) < 4.78 is 45.6. The van der Waals surface area contributed by atoms with Gasteiger partial charge in [-0.05, 0) is 33.9 Å². The van der Waals surface area contributed by atoms with Gasteiger partial charge < -0.3 is 20.0 Å². The van der Waals surface area contributed by atoms with E-state index in [2.05, 4.69) is 5.32 Å². The third-order valence-corrected chi connectivity index (χ3v) is 5.43. The van der Waals surface area contributed by atoms with Crippen molar-refractivity contribution < 1.29 is 32.6 Å². The number of hydrogen-bond donors (Lipinski definition) is 1. The number of aliphatic carboxylic acids is 1. The van der Waals surface area contributed by atoms with Crippen LogP contribution >= 0.6 is 0 Å². The number of carbonyl (C=O) groups excluding carboxylic acids is 2. The maximum absolute atomic E-state index is 13.9. The second-order valence-corrected chi connectivity index (χ2v) is 7.40. The van der Waals surface area contributed by atoms with Crippen LogP contribution in [0.3, 0.4) is 0 Å². The largest absolute Gasteiger partial charge is 0.548 e. The predicted molar refractivity (Wildman–Crippen MR) is 107 cm³/mol. The lowest BCUT2D eigenvalue weighted by Gasteiger charge is -2.21. The van der Waals surface area contributed by atoms with Gasteiger partial charge in [0.1, 0.15) is 12.4 Å². The molecule has 1 atom stereocenters. The number of carboxylic acid groups (broad SMARTS) is 1. The fraction of sp³-hybridized carbons (Fsp3) is 0.167. The molecule has 3 aromatic rings. The summed E-state index contributed by atoms with van der Waals surface area (Å²) in [5, 5.41) is 13.5. The zero-order valence-corrected chi connectivity index (χ0v) is 16.6. The van der Waals surface area contributed by atoms with E-state index in [1.807, 2.05) is 48.5 Å². The van der Waals surface area contributed by atoms with Crippen LogP contribution in [0.4, 0.5) is 18.0 Å². The Labute approximate surface area is 181 Å². The molecule has 0 heterocycles. The molecule has 0 saturated heterocycles. The molecule has 0 aromatic heterocycles. The topological polar surface area (TPSA) is 78.5 Å². The van der Waals surface area contributed by atoms with E-state index in [1.54, 1.807) is 0 Å². The molecule has 0 unspecified atom stereocenters. The fourth-order valence-corrected chi connectivity index (χ4v) is 3.92. The number of nitrogens with one attached hydrogen (secondary N) is 1. The van der Waals surface area contributed by atoms with Crippen molar-refractivity contribution in [3.63, 3.8) is 0 Å². The molecule has 3 aromatic carbocycles. The minimum atomic E-state index is -1.72. The minimum absolute atomic E-state index is 0.0564. The van der Waals surface area contributed by atoms with Gasteiger partial charge in [-0.2, -0.15) is 0 Å². The lowest BCUT2D eigenvalue weighted by molar-refractivity contribution is -0.308. The quantitative estimate of drug-likeness (QED) is 0.597. The minimum Gasteiger partial charge on any atom is -0.548 e. The summed E-state index contributed by atoms with van der Waals surface area (Å²) in [4.78, 5) is 23.7. The number of halogens is 3. The van der Waals surface area contributed by atoms with Crippen molar-refractivity contribution in [2.75, 3.05) is 6.61 Å². The van der Waals surface area contributed by atoms with Gasteiger partial charge in [-0.15, -0.1) is 0 Å². The van der Waals surface area contributed by atoms with Crippen LogP contribution in [-0.4, -0.2) is 24.7 Å². The van der Waals surface area contributed by atoms with Crippen molar-refractivity contribution in [1.82, 2.24) is 5.32 Å². The van der Waals surface area contributed by atoms with Crippen molar-refractivity contribution in [3.05, 3.63) is 94.8 Å². The van der Waals surface area contributed by atoms with E-state index < -0.39 is 47.5 Å². The summed E-state index contributed by atoms with van der Waals surface area (Å²) in [5.41, 5.74) is 3.58. The van der Waals surface area contributed by atoms with Crippen LogP contribution in [0.15, 0.2) is 60.7 Å². The molecule has 0 fully saturated rings. The molecule has 1 amide bonds. The third kappa shape index (κ3) is 4.16. The number of alkyl carbamates (subject to hydrolysis) is 1. The molecule has 0 radical (unpaired) electrons. The first kappa shape index (κ1) is 21.4. The summed E-state index contributed by atoms with van der Waals surface area (Å²) in [5.74, 6) is -5.83. The van der Waals surface area contributed by atoms with Crippen molar-refractivity contribution in [1.29, 1.82) is 0 Å². The smallest absolute Gasteiger partial charge is 0.407 e. The highest BCUT2D eigenvalue weighted by molar-refractivity contribution is 5.80. The van der Waals surface area contributed by atoms with Crippen LogP contribution in [-0.2, 0) is 16.0 Å². The highest BCUT2D eigenvalue weighted by Crippen LogP contribution is 2.44. The maximum Gasteiger partial charge on any atom is 0.407 e. The van der Waals surface area contributed by atoms with E-state index in [1.165, 1.54) is 0 Å². The Bertz CT molecular complexity index is 1150. The molecule has 164 valence electrons. The highest BCUT2D eigenvalue weighted by Gasteiger charge is 2.29. The predicted octanol–water partition coefficient (Wildman–Crippen LogP) is 3.30. The Kier molecular flexibility index (Phi) is 5.85. The number of rotatable bonds is 6. The van der Waals surface area contributed by atoms with Gasteiger partial charge in [0.2, 0.25) is 0 Å². The first-order valence-corrected chi connectivity index (χ1v) is 9.81. The van der Waals surface area contributed by atoms with Crippen LogP contribution in [0.2, 0.25) is 0 Å². The SMILES string of the molecule is O=C(N[C@H](Cc1cc(F)c(F)cc1F)C(=O)[O-])OCC1c2ccccc2-c2ccccc21. The van der Waals surface area contributed by atoms with Gasteiger partial charge in [0.05, 0.1) is 12.0 Å². The number of hydrogen-bond acceptors (Lipinski definition) is 4. The average Bonchev–Trinajstić information content (AvgIpc) is 3.09. The molecular weight excluding hydrogens is 423 g/mol. The number of amides is 1. The van der Waals surface area contributed by atoms with Gasteiger partial charge in [-0.1, -0.05) is 48.5 Å². The summed E-state index contributed by atoms with van der Waals surface area (Å²) in [6.07, 6.45) is -1.70. The van der Waals surface area contributed by atoms with Crippen LogP contribution in [0.1, 0.15) is 22.6 Å². The summed E-state index contributed by atoms with van der Waals surface area (Å²) in [6.45, 7) is -0.0564. The van der Waals surface area contributed by atoms with Gasteiger partial charge in [0.15, 0.2) is 11.6 Å². The first-order chi connectivity index (χ1) is 15.3. The Balaban J connectivity index is 1.45. The summed E-state index contributed by atoms with van der Waals surface area (Å²) >= 11 is 0. The molecular formula is C24H17F3NO4-. The number of carbonyl (C=O) groups is 2. The third-order valence-electron chi connectivity index (χ3n) is 5.43. The summed E-state index contributed by atoms with van der Waals surface area (Å²) in [7, 11) is 0. The first-order valence-electron chi connectivity index (χ1n) is 9.81. The second-order valence-electron chi connectivity index (χ2n) is 7.40. The molecule has 0 aliphatic heterocycles. The zero-order chi connectivity index (χ0) is 22.8. The van der Waals surface area contributed by atoms with E-state index in [-0.39, 0.29) is 12.5 Å². The van der Waals surface area contributed by atoms with E-state index in [0.717, 1.165) is 22.3 Å². The number of fused-ring (bicyclic) bond motifs is 3. The Morgan fingerprint density at radius 3 is 2.06 bits per heavy atom. The molecule has 1 aliphatic carbocycles. The number of carboxylic acids is 1. The standard InChI is InChI=1S/C24H18F3NO4/c25-19-11-21(27)20(26)9-13(19)10-22(23(29)30)28-24(31)32-12-18-16-7-3-1-5-14(16)15-6-2-4-8-17(15)18/h1-9,11,18,22H,10,12H2,(H,28,31)(H,29,30)/p-1/t22-/m1/s1. The van der Waals surface area contributed by atoms with E-state index >= 15 is 0 Å². The molecule has 0 bridgehead atoms. The molecule has 32 heavy (non-hydrogen) atoms. The maximum atomic E-state index is 13.9. The number of benzene rings is 3. The van der Waals surface area contributed by atoms with Crippen LogP contribution < -0.4 is 10.4 Å². The molecule has 1 N–H and O–H groups in total. The van der Waals surface area contributed by atoms with Crippen molar-refractivity contribution in [3.8, 4) is 11.1 Å². The lowest BCUT2D eigenvalue weighted by atomic mass is 9.98. The van der Waals surface area contributed by atoms with Crippen molar-refractivity contribution in [2.24, 2.45) is 0 Å². The van der Waals surface area contributed by atoms with Crippen LogP contribution in [0.25, 0.3) is 11.1 Å². The molecule has 1 aliphatic rings. The second kappa shape index (κ2) is 8.74. The van der Waals surface area contributed by atoms with Gasteiger partial charge in [-0.25, -0.2) is 18.0 Å². The van der Waals surface area contributed by atoms with E-state index in [9.17, 15) is 27.9 Å². The molecule has 4 rings (SSSR count). The Hall–Kier alpha value is -3.81. The molecule has 0 spiro atoms. The van der Waals surface area contributed by atoms with E-state index in [0.29, 0.717) is 12.1 Å². The fourth-order valence-electron chi connectivity index (χ4n) is 3.92.